The van der Waals surface area contributed by atoms with Crippen LogP contribution in [0, 0.1) is 0 Å². The van der Waals surface area contributed by atoms with Crippen LogP contribution in [-0.4, -0.2) is 13.2 Å². The Bertz CT molecular complexity index is 188. The molecule has 1 aliphatic rings. The molecule has 1 rings (SSSR count). The summed E-state index contributed by atoms with van der Waals surface area (Å²) in [4.78, 5) is 0. The summed E-state index contributed by atoms with van der Waals surface area (Å²) < 4.78 is 5.63. The number of hydrogen-bond donors (Lipinski definition) is 0. The van der Waals surface area contributed by atoms with E-state index in [-0.39, 0.29) is 0 Å². The van der Waals surface area contributed by atoms with Crippen molar-refractivity contribution in [2.45, 2.75) is 96.3 Å². The van der Waals surface area contributed by atoms with Crippen molar-refractivity contribution in [2.75, 3.05) is 13.2 Å². The Balaban J connectivity index is 2.06. The molecule has 1 heteroatoms. The van der Waals surface area contributed by atoms with E-state index in [2.05, 4.69) is 12.2 Å². The zero-order chi connectivity index (χ0) is 14.1. The maximum absolute atomic E-state index is 5.63. The molecule has 0 radical (unpaired) electrons. The molecule has 0 fully saturated rings. The summed E-state index contributed by atoms with van der Waals surface area (Å²) in [7, 11) is 0. The molecule has 0 N–H and O–H groups in total. The first-order valence-electron chi connectivity index (χ1n) is 9.23. The van der Waals surface area contributed by atoms with Crippen molar-refractivity contribution in [3.63, 3.8) is 0 Å². The first kappa shape index (κ1) is 17.8. The van der Waals surface area contributed by atoms with E-state index in [1.54, 1.807) is 0 Å². The van der Waals surface area contributed by atoms with Gasteiger partial charge in [-0.15, -0.1) is 0 Å². The predicted molar refractivity (Wildman–Crippen MR) is 89.2 cm³/mol. The molecule has 0 saturated heterocycles. The summed E-state index contributed by atoms with van der Waals surface area (Å²) in [6.07, 6.45) is 25.6. The van der Waals surface area contributed by atoms with Crippen LogP contribution in [0.3, 0.4) is 0 Å². The van der Waals surface area contributed by atoms with Crippen LogP contribution in [0.25, 0.3) is 0 Å². The van der Waals surface area contributed by atoms with Crippen molar-refractivity contribution in [2.24, 2.45) is 0 Å². The van der Waals surface area contributed by atoms with E-state index in [1.807, 2.05) is 0 Å². The third-order valence-electron chi connectivity index (χ3n) is 4.29. The van der Waals surface area contributed by atoms with Crippen molar-refractivity contribution in [1.82, 2.24) is 0 Å². The van der Waals surface area contributed by atoms with Crippen LogP contribution in [0.5, 0.6) is 0 Å². The van der Waals surface area contributed by atoms with Gasteiger partial charge < -0.3 is 4.74 Å². The topological polar surface area (TPSA) is 9.23 Å². The second kappa shape index (κ2) is 15.1. The molecule has 20 heavy (non-hydrogen) atoms. The van der Waals surface area contributed by atoms with Gasteiger partial charge >= 0.3 is 0 Å². The minimum atomic E-state index is 0.819. The van der Waals surface area contributed by atoms with Crippen LogP contribution in [0.1, 0.15) is 96.3 Å². The van der Waals surface area contributed by atoms with Gasteiger partial charge in [0.25, 0.3) is 0 Å². The van der Waals surface area contributed by atoms with Crippen molar-refractivity contribution >= 4 is 0 Å². The number of ether oxygens (including phenoxy) is 1. The van der Waals surface area contributed by atoms with Gasteiger partial charge in [0, 0.05) is 6.61 Å². The van der Waals surface area contributed by atoms with Gasteiger partial charge in [-0.3, -0.25) is 0 Å². The number of allylic oxidation sites excluding steroid dienone is 1. The molecule has 0 aliphatic carbocycles. The standard InChI is InChI=1S/C19H36O/c1-2-4-6-8-10-12-14-16-18-20-19-17-15-13-11-9-7-5-3-1/h14,16H,1-13,15,17-19H2/b16-14-. The highest BCUT2D eigenvalue weighted by Crippen LogP contribution is 2.13. The molecule has 0 unspecified atom stereocenters. The molecular weight excluding hydrogens is 244 g/mol. The molecule has 118 valence electrons. The molecule has 0 saturated carbocycles. The Kier molecular flexibility index (Phi) is 13.4. The van der Waals surface area contributed by atoms with Crippen LogP contribution in [0.2, 0.25) is 0 Å². The van der Waals surface area contributed by atoms with Gasteiger partial charge in [0.05, 0.1) is 6.61 Å². The highest BCUT2D eigenvalue weighted by Gasteiger charge is 1.95. The molecule has 1 aliphatic heterocycles. The Morgan fingerprint density at radius 3 is 1.45 bits per heavy atom. The molecule has 0 aromatic heterocycles. The third kappa shape index (κ3) is 12.7. The van der Waals surface area contributed by atoms with Crippen LogP contribution in [0.15, 0.2) is 12.2 Å². The van der Waals surface area contributed by atoms with E-state index in [4.69, 9.17) is 4.74 Å². The fourth-order valence-electron chi connectivity index (χ4n) is 2.92. The smallest absolute Gasteiger partial charge is 0.0647 e. The van der Waals surface area contributed by atoms with Crippen LogP contribution in [0.4, 0.5) is 0 Å². The minimum absolute atomic E-state index is 0.819. The van der Waals surface area contributed by atoms with E-state index in [9.17, 15) is 0 Å². The van der Waals surface area contributed by atoms with Crippen LogP contribution >= 0.6 is 0 Å². The van der Waals surface area contributed by atoms with Crippen molar-refractivity contribution in [3.8, 4) is 0 Å². The van der Waals surface area contributed by atoms with Crippen molar-refractivity contribution in [1.29, 1.82) is 0 Å². The van der Waals surface area contributed by atoms with E-state index in [0.717, 1.165) is 13.2 Å². The molecule has 0 aromatic rings. The fraction of sp³-hybridized carbons (Fsp3) is 0.895. The lowest BCUT2D eigenvalue weighted by Crippen LogP contribution is -1.94. The maximum Gasteiger partial charge on any atom is 0.0647 e. The molecule has 0 spiro atoms. The summed E-state index contributed by atoms with van der Waals surface area (Å²) in [6, 6.07) is 0. The average molecular weight is 280 g/mol. The lowest BCUT2D eigenvalue weighted by Gasteiger charge is -2.04. The average Bonchev–Trinajstić information content (AvgIpc) is 2.46. The van der Waals surface area contributed by atoms with Gasteiger partial charge in [0.1, 0.15) is 0 Å². The van der Waals surface area contributed by atoms with Gasteiger partial charge in [0.15, 0.2) is 0 Å². The SMILES string of the molecule is C1=C\COCCCCCCCCCCCCCCCC/1. The molecule has 1 heterocycles. The zero-order valence-electron chi connectivity index (χ0n) is 13.6. The Labute approximate surface area is 127 Å². The normalized spacial score (nSPS) is 24.8. The summed E-state index contributed by atoms with van der Waals surface area (Å²) in [5.74, 6) is 0. The molecule has 0 bridgehead atoms. The van der Waals surface area contributed by atoms with Gasteiger partial charge in [-0.1, -0.05) is 89.2 Å². The predicted octanol–water partition coefficient (Wildman–Crippen LogP) is 6.42. The van der Waals surface area contributed by atoms with Gasteiger partial charge in [-0.05, 0) is 19.3 Å². The summed E-state index contributed by atoms with van der Waals surface area (Å²) in [6.45, 7) is 1.77. The third-order valence-corrected chi connectivity index (χ3v) is 4.29. The summed E-state index contributed by atoms with van der Waals surface area (Å²) in [5.41, 5.74) is 0. The summed E-state index contributed by atoms with van der Waals surface area (Å²) in [5, 5.41) is 0. The summed E-state index contributed by atoms with van der Waals surface area (Å²) >= 11 is 0. The molecule has 0 atom stereocenters. The van der Waals surface area contributed by atoms with Crippen LogP contribution in [-0.2, 0) is 4.74 Å². The Morgan fingerprint density at radius 1 is 0.450 bits per heavy atom. The lowest BCUT2D eigenvalue weighted by molar-refractivity contribution is 0.157. The highest BCUT2D eigenvalue weighted by molar-refractivity contribution is 4.81. The number of rotatable bonds is 0. The quantitative estimate of drug-likeness (QED) is 0.465. The monoisotopic (exact) mass is 280 g/mol. The first-order valence-corrected chi connectivity index (χ1v) is 9.23. The molecular formula is C19H36O. The zero-order valence-corrected chi connectivity index (χ0v) is 13.6. The fourth-order valence-corrected chi connectivity index (χ4v) is 2.92. The van der Waals surface area contributed by atoms with E-state index >= 15 is 0 Å². The van der Waals surface area contributed by atoms with E-state index in [0.29, 0.717) is 0 Å². The van der Waals surface area contributed by atoms with Gasteiger partial charge in [0.2, 0.25) is 0 Å². The number of hydrogen-bond acceptors (Lipinski definition) is 1. The van der Waals surface area contributed by atoms with E-state index < -0.39 is 0 Å². The Hall–Kier alpha value is -0.300. The Morgan fingerprint density at radius 2 is 0.900 bits per heavy atom. The maximum atomic E-state index is 5.63. The van der Waals surface area contributed by atoms with Gasteiger partial charge in [-0.2, -0.15) is 0 Å². The second-order valence-electron chi connectivity index (χ2n) is 6.28. The van der Waals surface area contributed by atoms with Crippen LogP contribution < -0.4 is 0 Å². The van der Waals surface area contributed by atoms with Crippen molar-refractivity contribution in [3.05, 3.63) is 12.2 Å². The minimum Gasteiger partial charge on any atom is -0.377 e. The van der Waals surface area contributed by atoms with Crippen molar-refractivity contribution < 1.29 is 4.74 Å². The highest BCUT2D eigenvalue weighted by atomic mass is 16.5. The first-order chi connectivity index (χ1) is 10.0. The molecule has 1 nitrogen and oxygen atoms in total. The second-order valence-corrected chi connectivity index (χ2v) is 6.28. The lowest BCUT2D eigenvalue weighted by atomic mass is 10.0. The van der Waals surface area contributed by atoms with Gasteiger partial charge in [-0.25, -0.2) is 0 Å². The largest absolute Gasteiger partial charge is 0.377 e. The van der Waals surface area contributed by atoms with E-state index in [1.165, 1.54) is 96.3 Å². The molecule has 0 amide bonds. The molecule has 0 aromatic carbocycles.